The second-order valence-electron chi connectivity index (χ2n) is 5.99. The Labute approximate surface area is 99.1 Å². The topological polar surface area (TPSA) is 21.3 Å². The molecule has 1 aliphatic heterocycles. The molecule has 0 bridgehead atoms. The largest absolute Gasteiger partial charge is 0.380 e. The predicted molar refractivity (Wildman–Crippen MR) is 65.4 cm³/mol. The molecule has 0 radical (unpaired) electrons. The third kappa shape index (κ3) is 2.60. The maximum Gasteiger partial charge on any atom is 0.0620 e. The van der Waals surface area contributed by atoms with E-state index >= 15 is 0 Å². The second-order valence-corrected chi connectivity index (χ2v) is 5.99. The van der Waals surface area contributed by atoms with Crippen LogP contribution in [-0.4, -0.2) is 25.3 Å². The smallest absolute Gasteiger partial charge is 0.0620 e. The lowest BCUT2D eigenvalue weighted by Crippen LogP contribution is -2.45. The number of hydrogen-bond acceptors (Lipinski definition) is 2. The molecule has 3 fully saturated rings. The van der Waals surface area contributed by atoms with Crippen LogP contribution >= 0.6 is 0 Å². The van der Waals surface area contributed by atoms with Crippen LogP contribution in [0, 0.1) is 11.8 Å². The Bertz CT molecular complexity index is 215. The van der Waals surface area contributed by atoms with Crippen LogP contribution in [0.15, 0.2) is 0 Å². The minimum Gasteiger partial charge on any atom is -0.380 e. The van der Waals surface area contributed by atoms with Crippen molar-refractivity contribution in [1.29, 1.82) is 0 Å². The van der Waals surface area contributed by atoms with E-state index in [2.05, 4.69) is 5.32 Å². The van der Waals surface area contributed by atoms with Crippen molar-refractivity contribution in [2.75, 3.05) is 13.2 Å². The molecule has 2 heteroatoms. The molecule has 2 atom stereocenters. The van der Waals surface area contributed by atoms with Gasteiger partial charge in [0.2, 0.25) is 0 Å². The number of nitrogens with one attached hydrogen (secondary N) is 1. The van der Waals surface area contributed by atoms with Gasteiger partial charge in [-0.3, -0.25) is 0 Å². The molecular formula is C14H25NO. The van der Waals surface area contributed by atoms with Gasteiger partial charge in [-0.2, -0.15) is 0 Å². The molecule has 0 aromatic heterocycles. The molecule has 2 saturated carbocycles. The predicted octanol–water partition coefficient (Wildman–Crippen LogP) is 2.72. The van der Waals surface area contributed by atoms with Gasteiger partial charge in [0.25, 0.3) is 0 Å². The summed E-state index contributed by atoms with van der Waals surface area (Å²) in [6.45, 7) is 1.93. The first-order chi connectivity index (χ1) is 7.93. The van der Waals surface area contributed by atoms with Gasteiger partial charge in [-0.15, -0.1) is 0 Å². The highest BCUT2D eigenvalue weighted by molar-refractivity contribution is 4.94. The highest BCUT2D eigenvalue weighted by atomic mass is 16.5. The van der Waals surface area contributed by atoms with E-state index in [1.165, 1.54) is 51.4 Å². The molecule has 0 amide bonds. The summed E-state index contributed by atoms with van der Waals surface area (Å²) in [5.74, 6) is 1.98. The molecule has 0 unspecified atom stereocenters. The van der Waals surface area contributed by atoms with Gasteiger partial charge < -0.3 is 10.1 Å². The van der Waals surface area contributed by atoms with Crippen LogP contribution in [0.25, 0.3) is 0 Å². The van der Waals surface area contributed by atoms with Gasteiger partial charge in [0.15, 0.2) is 0 Å². The lowest BCUT2D eigenvalue weighted by atomic mass is 9.81. The first kappa shape index (κ1) is 11.0. The summed E-state index contributed by atoms with van der Waals surface area (Å²) < 4.78 is 5.48. The first-order valence-corrected chi connectivity index (χ1v) is 7.27. The van der Waals surface area contributed by atoms with Crippen molar-refractivity contribution in [2.45, 2.75) is 63.5 Å². The summed E-state index contributed by atoms with van der Waals surface area (Å²) in [6, 6.07) is 1.49. The molecule has 3 rings (SSSR count). The van der Waals surface area contributed by atoms with E-state index in [1.54, 1.807) is 0 Å². The zero-order valence-corrected chi connectivity index (χ0v) is 10.3. The fraction of sp³-hybridized carbons (Fsp3) is 1.00. The number of hydrogen-bond donors (Lipinski definition) is 1. The van der Waals surface area contributed by atoms with Crippen molar-refractivity contribution in [3.63, 3.8) is 0 Å². The Balaban J connectivity index is 1.56. The summed E-state index contributed by atoms with van der Waals surface area (Å²) in [5.41, 5.74) is 0. The van der Waals surface area contributed by atoms with E-state index < -0.39 is 0 Å². The van der Waals surface area contributed by atoms with Gasteiger partial charge in [0.1, 0.15) is 0 Å². The van der Waals surface area contributed by atoms with Gasteiger partial charge in [0, 0.05) is 18.7 Å². The lowest BCUT2D eigenvalue weighted by molar-refractivity contribution is 0.177. The molecule has 0 spiro atoms. The molecule has 1 heterocycles. The van der Waals surface area contributed by atoms with Gasteiger partial charge in [-0.05, 0) is 43.9 Å². The molecule has 92 valence electrons. The van der Waals surface area contributed by atoms with Crippen LogP contribution in [-0.2, 0) is 4.74 Å². The maximum absolute atomic E-state index is 5.48. The van der Waals surface area contributed by atoms with Crippen LogP contribution in [0.3, 0.4) is 0 Å². The zero-order chi connectivity index (χ0) is 10.8. The standard InChI is InChI=1S/C14H25NO/c1-2-4-11(5-3-1)14(12-6-7-12)15-13-8-9-16-10-13/h11-15H,1-10H2/t13-,14+/m1/s1. The van der Waals surface area contributed by atoms with Crippen LogP contribution in [0.2, 0.25) is 0 Å². The Morgan fingerprint density at radius 2 is 1.62 bits per heavy atom. The molecule has 1 saturated heterocycles. The average Bonchev–Trinajstić information content (AvgIpc) is 3.05. The van der Waals surface area contributed by atoms with Crippen molar-refractivity contribution < 1.29 is 4.74 Å². The van der Waals surface area contributed by atoms with Gasteiger partial charge in [0.05, 0.1) is 6.61 Å². The minimum atomic E-state index is 0.660. The Hall–Kier alpha value is -0.0800. The average molecular weight is 223 g/mol. The molecule has 2 aliphatic carbocycles. The lowest BCUT2D eigenvalue weighted by Gasteiger charge is -2.33. The minimum absolute atomic E-state index is 0.660. The number of rotatable bonds is 4. The van der Waals surface area contributed by atoms with Crippen molar-refractivity contribution >= 4 is 0 Å². The van der Waals surface area contributed by atoms with E-state index in [-0.39, 0.29) is 0 Å². The van der Waals surface area contributed by atoms with Gasteiger partial charge >= 0.3 is 0 Å². The molecule has 16 heavy (non-hydrogen) atoms. The summed E-state index contributed by atoms with van der Waals surface area (Å²) >= 11 is 0. The highest BCUT2D eigenvalue weighted by Crippen LogP contribution is 2.40. The molecule has 0 aromatic rings. The van der Waals surface area contributed by atoms with E-state index in [0.29, 0.717) is 6.04 Å². The van der Waals surface area contributed by atoms with E-state index in [4.69, 9.17) is 4.74 Å². The van der Waals surface area contributed by atoms with Crippen molar-refractivity contribution in [1.82, 2.24) is 5.32 Å². The second kappa shape index (κ2) is 5.05. The Morgan fingerprint density at radius 1 is 0.875 bits per heavy atom. The third-order valence-electron chi connectivity index (χ3n) is 4.65. The summed E-state index contributed by atoms with van der Waals surface area (Å²) in [7, 11) is 0. The first-order valence-electron chi connectivity index (χ1n) is 7.27. The molecule has 1 N–H and O–H groups in total. The highest BCUT2D eigenvalue weighted by Gasteiger charge is 2.38. The quantitative estimate of drug-likeness (QED) is 0.791. The Kier molecular flexibility index (Phi) is 3.49. The van der Waals surface area contributed by atoms with Crippen LogP contribution < -0.4 is 5.32 Å². The summed E-state index contributed by atoms with van der Waals surface area (Å²) in [4.78, 5) is 0. The fourth-order valence-corrected chi connectivity index (χ4v) is 3.54. The third-order valence-corrected chi connectivity index (χ3v) is 4.65. The monoisotopic (exact) mass is 223 g/mol. The summed E-state index contributed by atoms with van der Waals surface area (Å²) in [6.07, 6.45) is 11.5. The SMILES string of the molecule is C1CCC([C@H](N[C@@H]2CCOC2)C2CC2)CC1. The maximum atomic E-state index is 5.48. The van der Waals surface area contributed by atoms with Crippen LogP contribution in [0.5, 0.6) is 0 Å². The van der Waals surface area contributed by atoms with E-state index in [0.717, 1.165) is 31.1 Å². The molecule has 0 aromatic carbocycles. The van der Waals surface area contributed by atoms with Gasteiger partial charge in [-0.25, -0.2) is 0 Å². The zero-order valence-electron chi connectivity index (χ0n) is 10.3. The normalized spacial score (nSPS) is 34.1. The van der Waals surface area contributed by atoms with Crippen molar-refractivity contribution in [3.8, 4) is 0 Å². The summed E-state index contributed by atoms with van der Waals surface area (Å²) in [5, 5.41) is 3.92. The van der Waals surface area contributed by atoms with Crippen LogP contribution in [0.1, 0.15) is 51.4 Å². The molecular weight excluding hydrogens is 198 g/mol. The van der Waals surface area contributed by atoms with Crippen LogP contribution in [0.4, 0.5) is 0 Å². The fourth-order valence-electron chi connectivity index (χ4n) is 3.54. The molecule has 2 nitrogen and oxygen atoms in total. The number of ether oxygens (including phenoxy) is 1. The van der Waals surface area contributed by atoms with Crippen molar-refractivity contribution in [3.05, 3.63) is 0 Å². The van der Waals surface area contributed by atoms with E-state index in [9.17, 15) is 0 Å². The molecule has 3 aliphatic rings. The van der Waals surface area contributed by atoms with E-state index in [1.807, 2.05) is 0 Å². The Morgan fingerprint density at radius 3 is 2.25 bits per heavy atom. The van der Waals surface area contributed by atoms with Crippen molar-refractivity contribution in [2.24, 2.45) is 11.8 Å². The van der Waals surface area contributed by atoms with Gasteiger partial charge in [-0.1, -0.05) is 19.3 Å².